The van der Waals surface area contributed by atoms with Gasteiger partial charge in [0.05, 0.1) is 11.7 Å². The molecule has 1 saturated carbocycles. The van der Waals surface area contributed by atoms with E-state index in [1.807, 2.05) is 18.2 Å². The molecule has 3 heteroatoms. The summed E-state index contributed by atoms with van der Waals surface area (Å²) in [7, 11) is 0. The third-order valence-electron chi connectivity index (χ3n) is 3.24. The Morgan fingerprint density at radius 3 is 2.75 bits per heavy atom. The minimum Gasteiger partial charge on any atom is -0.348 e. The first-order valence-corrected chi connectivity index (χ1v) is 5.95. The van der Waals surface area contributed by atoms with Gasteiger partial charge >= 0.3 is 0 Å². The van der Waals surface area contributed by atoms with Crippen LogP contribution in [0.2, 0.25) is 0 Å². The first kappa shape index (κ1) is 11.1. The first-order valence-electron chi connectivity index (χ1n) is 5.95. The van der Waals surface area contributed by atoms with E-state index >= 15 is 0 Å². The van der Waals surface area contributed by atoms with Crippen molar-refractivity contribution in [2.24, 2.45) is 5.92 Å². The maximum absolute atomic E-state index is 11.2. The summed E-state index contributed by atoms with van der Waals surface area (Å²) in [5.74, 6) is 0.585. The van der Waals surface area contributed by atoms with Crippen LogP contribution >= 0.6 is 0 Å². The van der Waals surface area contributed by atoms with Crippen LogP contribution < -0.4 is 5.32 Å². The summed E-state index contributed by atoms with van der Waals surface area (Å²) in [6.07, 6.45) is 6.73. The highest BCUT2D eigenvalue weighted by molar-refractivity contribution is 5.73. The van der Waals surface area contributed by atoms with Crippen molar-refractivity contribution in [1.82, 2.24) is 10.3 Å². The Labute approximate surface area is 96.3 Å². The molecule has 0 aromatic carbocycles. The van der Waals surface area contributed by atoms with Gasteiger partial charge in [0.1, 0.15) is 0 Å². The molecule has 1 fully saturated rings. The standard InChI is InChI=1S/C13H18N2O/c1-10(16)15-13(11-6-2-3-7-11)12-8-4-5-9-14-12/h4-5,8-9,11,13H,2-3,6-7H2,1H3,(H,15,16)/t13-/m1/s1. The van der Waals surface area contributed by atoms with Crippen molar-refractivity contribution in [3.63, 3.8) is 0 Å². The van der Waals surface area contributed by atoms with Crippen molar-refractivity contribution < 1.29 is 4.79 Å². The van der Waals surface area contributed by atoms with Crippen molar-refractivity contribution in [1.29, 1.82) is 0 Å². The van der Waals surface area contributed by atoms with Gasteiger partial charge in [0, 0.05) is 13.1 Å². The average molecular weight is 218 g/mol. The molecule has 1 heterocycles. The molecule has 1 aliphatic rings. The Bertz CT molecular complexity index is 344. The molecule has 1 aromatic rings. The van der Waals surface area contributed by atoms with E-state index in [0.29, 0.717) is 5.92 Å². The van der Waals surface area contributed by atoms with Gasteiger partial charge in [-0.05, 0) is 30.9 Å². The van der Waals surface area contributed by atoms with E-state index < -0.39 is 0 Å². The number of amides is 1. The minimum absolute atomic E-state index is 0.0301. The number of nitrogens with one attached hydrogen (secondary N) is 1. The zero-order chi connectivity index (χ0) is 11.4. The van der Waals surface area contributed by atoms with Gasteiger partial charge < -0.3 is 5.32 Å². The molecule has 2 rings (SSSR count). The molecule has 0 aliphatic heterocycles. The molecule has 16 heavy (non-hydrogen) atoms. The average Bonchev–Trinajstić information content (AvgIpc) is 2.80. The summed E-state index contributed by atoms with van der Waals surface area (Å²) < 4.78 is 0. The molecule has 1 aromatic heterocycles. The summed E-state index contributed by atoms with van der Waals surface area (Å²) in [4.78, 5) is 15.6. The van der Waals surface area contributed by atoms with E-state index in [4.69, 9.17) is 0 Å². The third kappa shape index (κ3) is 2.60. The minimum atomic E-state index is 0.0301. The second kappa shape index (κ2) is 5.10. The van der Waals surface area contributed by atoms with Crippen LogP contribution in [0.5, 0.6) is 0 Å². The Balaban J connectivity index is 2.16. The molecule has 0 radical (unpaired) electrons. The van der Waals surface area contributed by atoms with Crippen LogP contribution in [0.4, 0.5) is 0 Å². The van der Waals surface area contributed by atoms with E-state index in [-0.39, 0.29) is 11.9 Å². The fourth-order valence-electron chi connectivity index (χ4n) is 2.50. The molecule has 0 unspecified atom stereocenters. The molecule has 1 amide bonds. The Kier molecular flexibility index (Phi) is 3.54. The summed E-state index contributed by atoms with van der Waals surface area (Å²) in [6.45, 7) is 1.57. The van der Waals surface area contributed by atoms with Gasteiger partial charge in [-0.3, -0.25) is 9.78 Å². The predicted octanol–water partition coefficient (Wildman–Crippen LogP) is 2.45. The lowest BCUT2D eigenvalue weighted by molar-refractivity contribution is -0.120. The molecule has 86 valence electrons. The lowest BCUT2D eigenvalue weighted by Crippen LogP contribution is -2.31. The monoisotopic (exact) mass is 218 g/mol. The molecule has 0 saturated heterocycles. The normalized spacial score (nSPS) is 18.3. The van der Waals surface area contributed by atoms with Crippen molar-refractivity contribution in [2.45, 2.75) is 38.6 Å². The van der Waals surface area contributed by atoms with Crippen LogP contribution in [0.15, 0.2) is 24.4 Å². The van der Waals surface area contributed by atoms with Crippen LogP contribution in [0.1, 0.15) is 44.3 Å². The van der Waals surface area contributed by atoms with Crippen LogP contribution in [0, 0.1) is 5.92 Å². The lowest BCUT2D eigenvalue weighted by Gasteiger charge is -2.23. The summed E-state index contributed by atoms with van der Waals surface area (Å²) in [5.41, 5.74) is 0.990. The van der Waals surface area contributed by atoms with E-state index in [9.17, 15) is 4.79 Å². The van der Waals surface area contributed by atoms with Crippen LogP contribution in [0.3, 0.4) is 0 Å². The van der Waals surface area contributed by atoms with Gasteiger partial charge in [0.15, 0.2) is 0 Å². The van der Waals surface area contributed by atoms with Gasteiger partial charge in [-0.25, -0.2) is 0 Å². The van der Waals surface area contributed by atoms with Crippen molar-refractivity contribution in [2.75, 3.05) is 0 Å². The molecule has 1 N–H and O–H groups in total. The number of rotatable bonds is 3. The molecule has 3 nitrogen and oxygen atoms in total. The van der Waals surface area contributed by atoms with Crippen LogP contribution in [-0.2, 0) is 4.79 Å². The SMILES string of the molecule is CC(=O)N[C@@H](c1ccccn1)C1CCCC1. The largest absolute Gasteiger partial charge is 0.348 e. The Morgan fingerprint density at radius 2 is 2.19 bits per heavy atom. The summed E-state index contributed by atoms with van der Waals surface area (Å²) in [6, 6.07) is 5.98. The van der Waals surface area contributed by atoms with Crippen LogP contribution in [0.25, 0.3) is 0 Å². The second-order valence-electron chi connectivity index (χ2n) is 4.48. The van der Waals surface area contributed by atoms with E-state index in [0.717, 1.165) is 5.69 Å². The highest BCUT2D eigenvalue weighted by Gasteiger charge is 2.27. The topological polar surface area (TPSA) is 42.0 Å². The summed E-state index contributed by atoms with van der Waals surface area (Å²) >= 11 is 0. The molecular formula is C13H18N2O. The fourth-order valence-corrected chi connectivity index (χ4v) is 2.50. The highest BCUT2D eigenvalue weighted by Crippen LogP contribution is 2.34. The highest BCUT2D eigenvalue weighted by atomic mass is 16.1. The number of carbonyl (C=O) groups is 1. The van der Waals surface area contributed by atoms with Gasteiger partial charge in [-0.2, -0.15) is 0 Å². The maximum Gasteiger partial charge on any atom is 0.217 e. The molecule has 0 bridgehead atoms. The quantitative estimate of drug-likeness (QED) is 0.846. The third-order valence-corrected chi connectivity index (χ3v) is 3.24. The number of pyridine rings is 1. The summed E-state index contributed by atoms with van der Waals surface area (Å²) in [5, 5.41) is 3.04. The zero-order valence-electron chi connectivity index (χ0n) is 9.65. The van der Waals surface area contributed by atoms with Crippen molar-refractivity contribution in [3.8, 4) is 0 Å². The van der Waals surface area contributed by atoms with Crippen molar-refractivity contribution >= 4 is 5.91 Å². The van der Waals surface area contributed by atoms with Gasteiger partial charge in [-0.1, -0.05) is 18.9 Å². The van der Waals surface area contributed by atoms with Gasteiger partial charge in [-0.15, -0.1) is 0 Å². The number of nitrogens with zero attached hydrogens (tertiary/aromatic N) is 1. The van der Waals surface area contributed by atoms with E-state index in [1.165, 1.54) is 25.7 Å². The molecule has 0 spiro atoms. The molecule has 1 atom stereocenters. The number of carbonyl (C=O) groups excluding carboxylic acids is 1. The molecular weight excluding hydrogens is 200 g/mol. The zero-order valence-corrected chi connectivity index (χ0v) is 9.65. The first-order chi connectivity index (χ1) is 7.77. The number of aromatic nitrogens is 1. The molecule has 1 aliphatic carbocycles. The van der Waals surface area contributed by atoms with Crippen LogP contribution in [-0.4, -0.2) is 10.9 Å². The van der Waals surface area contributed by atoms with Crippen molar-refractivity contribution in [3.05, 3.63) is 30.1 Å². The van der Waals surface area contributed by atoms with E-state index in [1.54, 1.807) is 13.1 Å². The number of hydrogen-bond acceptors (Lipinski definition) is 2. The predicted molar refractivity (Wildman–Crippen MR) is 62.8 cm³/mol. The number of hydrogen-bond donors (Lipinski definition) is 1. The second-order valence-corrected chi connectivity index (χ2v) is 4.48. The Hall–Kier alpha value is -1.38. The van der Waals surface area contributed by atoms with E-state index in [2.05, 4.69) is 10.3 Å². The lowest BCUT2D eigenvalue weighted by atomic mass is 9.95. The maximum atomic E-state index is 11.2. The van der Waals surface area contributed by atoms with Gasteiger partial charge in [0.25, 0.3) is 0 Å². The Morgan fingerprint density at radius 1 is 1.44 bits per heavy atom. The fraction of sp³-hybridized carbons (Fsp3) is 0.538. The smallest absolute Gasteiger partial charge is 0.217 e. The van der Waals surface area contributed by atoms with Gasteiger partial charge in [0.2, 0.25) is 5.91 Å².